The number of methoxy groups -OCH3 is 1. The third-order valence-corrected chi connectivity index (χ3v) is 5.27. The summed E-state index contributed by atoms with van der Waals surface area (Å²) in [6, 6.07) is 16.6. The van der Waals surface area contributed by atoms with Crippen LogP contribution >= 0.6 is 0 Å². The van der Waals surface area contributed by atoms with Gasteiger partial charge < -0.3 is 24.3 Å². The first kappa shape index (κ1) is 24.8. The minimum Gasteiger partial charge on any atom is -0.493 e. The molecule has 178 valence electrons. The van der Waals surface area contributed by atoms with Crippen molar-refractivity contribution in [3.05, 3.63) is 83.7 Å². The van der Waals surface area contributed by atoms with Crippen molar-refractivity contribution in [3.8, 4) is 17.2 Å². The summed E-state index contributed by atoms with van der Waals surface area (Å²) in [6.07, 6.45) is 4.66. The average Bonchev–Trinajstić information content (AvgIpc) is 2.86. The zero-order valence-corrected chi connectivity index (χ0v) is 19.7. The minimum absolute atomic E-state index is 0.0958. The smallest absolute Gasteiger partial charge is 0.258 e. The molecular weight excluding hydrogens is 432 g/mol. The highest BCUT2D eigenvalue weighted by atomic mass is 16.5. The molecule has 1 heterocycles. The van der Waals surface area contributed by atoms with E-state index in [1.807, 2.05) is 61.5 Å². The Morgan fingerprint density at radius 3 is 2.35 bits per heavy atom. The molecule has 0 aliphatic heterocycles. The Kier molecular flexibility index (Phi) is 9.03. The lowest BCUT2D eigenvalue weighted by atomic mass is 10.1. The van der Waals surface area contributed by atoms with Crippen LogP contribution in [0.4, 0.5) is 0 Å². The number of aromatic nitrogens is 1. The summed E-state index contributed by atoms with van der Waals surface area (Å²) in [5.41, 5.74) is 2.95. The molecule has 1 unspecified atom stereocenters. The summed E-state index contributed by atoms with van der Waals surface area (Å²) >= 11 is 0. The second kappa shape index (κ2) is 12.4. The summed E-state index contributed by atoms with van der Waals surface area (Å²) in [6.45, 7) is 3.79. The first-order valence-corrected chi connectivity index (χ1v) is 11.1. The van der Waals surface area contributed by atoms with E-state index in [4.69, 9.17) is 14.2 Å². The number of carbonyl (C=O) groups excluding carboxylic acids is 2. The highest BCUT2D eigenvalue weighted by molar-refractivity contribution is 5.78. The topological polar surface area (TPSA) is 86.8 Å². The van der Waals surface area contributed by atoms with Crippen molar-refractivity contribution in [2.75, 3.05) is 13.7 Å². The van der Waals surface area contributed by atoms with E-state index >= 15 is 0 Å². The van der Waals surface area contributed by atoms with Gasteiger partial charge in [0, 0.05) is 18.8 Å². The number of ketones is 1. The monoisotopic (exact) mass is 462 g/mol. The summed E-state index contributed by atoms with van der Waals surface area (Å²) in [7, 11) is 1.58. The summed E-state index contributed by atoms with van der Waals surface area (Å²) in [5, 5.41) is 2.93. The highest BCUT2D eigenvalue weighted by Crippen LogP contribution is 2.31. The molecule has 1 N–H and O–H groups in total. The molecule has 0 radical (unpaired) electrons. The molecule has 0 aliphatic rings. The third kappa shape index (κ3) is 7.62. The van der Waals surface area contributed by atoms with Crippen molar-refractivity contribution in [2.45, 2.75) is 39.3 Å². The lowest BCUT2D eigenvalue weighted by Crippen LogP contribution is -2.31. The fourth-order valence-electron chi connectivity index (χ4n) is 3.30. The molecule has 1 amide bonds. The fourth-order valence-corrected chi connectivity index (χ4v) is 3.30. The van der Waals surface area contributed by atoms with E-state index < -0.39 is 0 Å². The van der Waals surface area contributed by atoms with Crippen molar-refractivity contribution in [1.82, 2.24) is 10.3 Å². The number of amides is 1. The Morgan fingerprint density at radius 2 is 1.68 bits per heavy atom. The zero-order valence-electron chi connectivity index (χ0n) is 19.7. The van der Waals surface area contributed by atoms with Gasteiger partial charge in [-0.3, -0.25) is 9.78 Å². The molecule has 2 aromatic carbocycles. The Bertz CT molecular complexity index is 1080. The maximum absolute atomic E-state index is 12.4. The molecule has 0 saturated heterocycles. The van der Waals surface area contributed by atoms with Crippen LogP contribution in [0.25, 0.3) is 0 Å². The van der Waals surface area contributed by atoms with Gasteiger partial charge in [-0.1, -0.05) is 18.2 Å². The third-order valence-electron chi connectivity index (χ3n) is 5.27. The van der Waals surface area contributed by atoms with Gasteiger partial charge in [0.25, 0.3) is 5.91 Å². The van der Waals surface area contributed by atoms with Gasteiger partial charge in [0.05, 0.1) is 13.2 Å². The van der Waals surface area contributed by atoms with Crippen LogP contribution in [-0.2, 0) is 22.6 Å². The van der Waals surface area contributed by atoms with Crippen LogP contribution in [-0.4, -0.2) is 30.4 Å². The van der Waals surface area contributed by atoms with Gasteiger partial charge in [-0.05, 0) is 73.4 Å². The van der Waals surface area contributed by atoms with Crippen LogP contribution < -0.4 is 19.5 Å². The molecule has 34 heavy (non-hydrogen) atoms. The van der Waals surface area contributed by atoms with Crippen LogP contribution in [0, 0.1) is 0 Å². The van der Waals surface area contributed by atoms with E-state index in [1.165, 1.54) is 0 Å². The van der Waals surface area contributed by atoms with Gasteiger partial charge in [0.2, 0.25) is 0 Å². The van der Waals surface area contributed by atoms with Crippen molar-refractivity contribution in [1.29, 1.82) is 0 Å². The number of benzene rings is 2. The lowest BCUT2D eigenvalue weighted by Gasteiger charge is -2.17. The Hall–Kier alpha value is -3.87. The molecule has 3 rings (SSSR count). The number of hydrogen-bond donors (Lipinski definition) is 1. The summed E-state index contributed by atoms with van der Waals surface area (Å²) in [5.74, 6) is 1.75. The summed E-state index contributed by atoms with van der Waals surface area (Å²) < 4.78 is 17.0. The molecule has 0 spiro atoms. The summed E-state index contributed by atoms with van der Waals surface area (Å²) in [4.78, 5) is 27.5. The molecule has 7 nitrogen and oxygen atoms in total. The maximum atomic E-state index is 12.4. The molecule has 0 bridgehead atoms. The predicted molar refractivity (Wildman–Crippen MR) is 129 cm³/mol. The lowest BCUT2D eigenvalue weighted by molar-refractivity contribution is -0.123. The van der Waals surface area contributed by atoms with E-state index in [0.717, 1.165) is 16.7 Å². The first-order chi connectivity index (χ1) is 16.4. The fraction of sp³-hybridized carbons (Fsp3) is 0.296. The van der Waals surface area contributed by atoms with Crippen molar-refractivity contribution in [3.63, 3.8) is 0 Å². The largest absolute Gasteiger partial charge is 0.493 e. The number of pyridine rings is 1. The number of nitrogens with zero attached hydrogens (tertiary/aromatic N) is 1. The maximum Gasteiger partial charge on any atom is 0.258 e. The predicted octanol–water partition coefficient (Wildman–Crippen LogP) is 4.45. The molecule has 0 aliphatic carbocycles. The van der Waals surface area contributed by atoms with Crippen LogP contribution in [0.2, 0.25) is 0 Å². The second-order valence-corrected chi connectivity index (χ2v) is 7.98. The zero-order chi connectivity index (χ0) is 24.3. The number of hydrogen-bond acceptors (Lipinski definition) is 6. The molecule has 1 atom stereocenters. The number of carbonyl (C=O) groups is 2. The average molecular weight is 463 g/mol. The number of ether oxygens (including phenoxy) is 3. The quantitative estimate of drug-likeness (QED) is 0.428. The first-order valence-electron chi connectivity index (χ1n) is 11.1. The molecule has 1 aromatic heterocycles. The van der Waals surface area contributed by atoms with E-state index in [1.54, 1.807) is 26.4 Å². The van der Waals surface area contributed by atoms with Crippen LogP contribution in [0.3, 0.4) is 0 Å². The molecule has 7 heteroatoms. The number of Topliss-reactive ketones (excluding diaryl/α,β-unsaturated/α-hetero) is 1. The second-order valence-electron chi connectivity index (χ2n) is 7.98. The van der Waals surface area contributed by atoms with Crippen molar-refractivity contribution in [2.24, 2.45) is 0 Å². The molecule has 0 fully saturated rings. The number of nitrogens with one attached hydrogen (secondary N) is 1. The van der Waals surface area contributed by atoms with Crippen LogP contribution in [0.5, 0.6) is 17.2 Å². The SMILES string of the molecule is COc1cc(C(C)NC(=O)COc2ccc(CCC(C)=O)cc2)ccc1OCc1ccncc1. The van der Waals surface area contributed by atoms with Gasteiger partial charge in [-0.15, -0.1) is 0 Å². The number of rotatable bonds is 12. The highest BCUT2D eigenvalue weighted by Gasteiger charge is 2.14. The normalized spacial score (nSPS) is 11.4. The van der Waals surface area contributed by atoms with Crippen LogP contribution in [0.1, 0.15) is 43.0 Å². The van der Waals surface area contributed by atoms with Gasteiger partial charge in [0.15, 0.2) is 18.1 Å². The van der Waals surface area contributed by atoms with E-state index in [2.05, 4.69) is 10.3 Å². The Morgan fingerprint density at radius 1 is 0.941 bits per heavy atom. The number of aryl methyl sites for hydroxylation is 1. The van der Waals surface area contributed by atoms with Crippen molar-refractivity contribution >= 4 is 11.7 Å². The van der Waals surface area contributed by atoms with Gasteiger partial charge >= 0.3 is 0 Å². The van der Waals surface area contributed by atoms with Crippen molar-refractivity contribution < 1.29 is 23.8 Å². The Labute approximate surface area is 200 Å². The van der Waals surface area contributed by atoms with Gasteiger partial charge in [-0.2, -0.15) is 0 Å². The van der Waals surface area contributed by atoms with Gasteiger partial charge in [-0.25, -0.2) is 0 Å². The molecule has 3 aromatic rings. The Balaban J connectivity index is 1.50. The van der Waals surface area contributed by atoms with E-state index in [0.29, 0.717) is 36.7 Å². The standard InChI is InChI=1S/C27H30N2O5/c1-19(30)4-5-21-6-9-24(10-7-21)33-18-27(31)29-20(2)23-8-11-25(26(16-23)32-3)34-17-22-12-14-28-15-13-22/h6-16,20H,4-5,17-18H2,1-3H3,(H,29,31). The van der Waals surface area contributed by atoms with E-state index in [9.17, 15) is 9.59 Å². The minimum atomic E-state index is -0.242. The van der Waals surface area contributed by atoms with Gasteiger partial charge in [0.1, 0.15) is 18.1 Å². The van der Waals surface area contributed by atoms with Crippen LogP contribution in [0.15, 0.2) is 67.0 Å². The molecule has 0 saturated carbocycles. The molecular formula is C27H30N2O5. The van der Waals surface area contributed by atoms with E-state index in [-0.39, 0.29) is 24.3 Å².